The van der Waals surface area contributed by atoms with Crippen molar-refractivity contribution in [1.82, 2.24) is 12.9 Å². The number of fused-ring (bicyclic) bond motifs is 1. The fraction of sp³-hybridized carbons (Fsp3) is 0.214. The maximum atomic E-state index is 12.9. The molecule has 0 fully saturated rings. The van der Waals surface area contributed by atoms with Crippen molar-refractivity contribution in [2.24, 2.45) is 7.05 Å². The van der Waals surface area contributed by atoms with Crippen molar-refractivity contribution in [2.45, 2.75) is 11.5 Å². The van der Waals surface area contributed by atoms with Gasteiger partial charge in [-0.2, -0.15) is 13.2 Å². The highest BCUT2D eigenvalue weighted by molar-refractivity contribution is 9.08. The molecule has 0 aliphatic carbocycles. The van der Waals surface area contributed by atoms with Crippen LogP contribution in [0.2, 0.25) is 0 Å². The largest absolute Gasteiger partial charge is 0.431 e. The van der Waals surface area contributed by atoms with Gasteiger partial charge in [0, 0.05) is 19.2 Å². The van der Waals surface area contributed by atoms with E-state index in [9.17, 15) is 22.8 Å². The number of hydrogen-bond donors (Lipinski definition) is 0. The van der Waals surface area contributed by atoms with Crippen molar-refractivity contribution in [2.75, 3.05) is 0 Å². The molecule has 0 aliphatic heterocycles. The van der Waals surface area contributed by atoms with Gasteiger partial charge in [-0.1, -0.05) is 28.1 Å². The predicted molar refractivity (Wildman–Crippen MR) is 88.6 cm³/mol. The minimum atomic E-state index is -4.78. The summed E-state index contributed by atoms with van der Waals surface area (Å²) in [5.41, 5.74) is -2.71. The Morgan fingerprint density at radius 1 is 1.25 bits per heavy atom. The molecule has 24 heavy (non-hydrogen) atoms. The molecule has 0 radical (unpaired) electrons. The third-order valence-electron chi connectivity index (χ3n) is 3.46. The van der Waals surface area contributed by atoms with Gasteiger partial charge in [0.25, 0.3) is 0 Å². The molecule has 0 aliphatic rings. The standard InChI is InChI=1S/C14H10BrF3N3O2S/c1-20-11(14(16,17)18)6-12(22)21(13(20)23)24-10-5-3-2-4-8(10)9(7-15)19-24/h2-6H,7H2,1H3/q+1. The fourth-order valence-corrected chi connectivity index (χ4v) is 4.76. The van der Waals surface area contributed by atoms with Crippen LogP contribution in [0.1, 0.15) is 11.4 Å². The van der Waals surface area contributed by atoms with Gasteiger partial charge in [0.1, 0.15) is 11.4 Å². The van der Waals surface area contributed by atoms with E-state index in [4.69, 9.17) is 0 Å². The van der Waals surface area contributed by atoms with Crippen LogP contribution in [0.3, 0.4) is 0 Å². The molecule has 10 heteroatoms. The maximum absolute atomic E-state index is 12.9. The molecule has 0 bridgehead atoms. The van der Waals surface area contributed by atoms with Crippen LogP contribution in [0.25, 0.3) is 10.1 Å². The number of alkyl halides is 4. The molecule has 1 atom stereocenters. The molecule has 2 aromatic heterocycles. The van der Waals surface area contributed by atoms with Gasteiger partial charge >= 0.3 is 17.4 Å². The van der Waals surface area contributed by atoms with E-state index in [1.165, 1.54) is 0 Å². The van der Waals surface area contributed by atoms with Crippen LogP contribution in [0.4, 0.5) is 13.2 Å². The van der Waals surface area contributed by atoms with Crippen LogP contribution in [-0.2, 0) is 18.6 Å². The Hall–Kier alpha value is -1.94. The zero-order chi connectivity index (χ0) is 17.6. The lowest BCUT2D eigenvalue weighted by Gasteiger charge is -2.10. The molecule has 5 nitrogen and oxygen atoms in total. The van der Waals surface area contributed by atoms with Gasteiger partial charge in [0.15, 0.2) is 0 Å². The zero-order valence-electron chi connectivity index (χ0n) is 12.2. The number of hydrogen-bond acceptors (Lipinski definition) is 3. The van der Waals surface area contributed by atoms with E-state index < -0.39 is 34.0 Å². The van der Waals surface area contributed by atoms with Crippen LogP contribution < -0.4 is 11.2 Å². The molecule has 0 saturated carbocycles. The molecule has 0 amide bonds. The summed E-state index contributed by atoms with van der Waals surface area (Å²) >= 11 is 3.29. The van der Waals surface area contributed by atoms with E-state index in [1.807, 2.05) is 0 Å². The summed E-state index contributed by atoms with van der Waals surface area (Å²) in [5.74, 6) is 0. The average molecular weight is 421 g/mol. The predicted octanol–water partition coefficient (Wildman–Crippen LogP) is 3.07. The van der Waals surface area contributed by atoms with Gasteiger partial charge in [-0.3, -0.25) is 9.36 Å². The molecule has 0 saturated heterocycles. The first-order chi connectivity index (χ1) is 11.3. The molecule has 0 spiro atoms. The Morgan fingerprint density at radius 2 is 1.92 bits per heavy atom. The molecule has 1 aromatic carbocycles. The monoisotopic (exact) mass is 420 g/mol. The molecule has 3 aromatic rings. The van der Waals surface area contributed by atoms with Crippen LogP contribution in [0.5, 0.6) is 0 Å². The van der Waals surface area contributed by atoms with Crippen LogP contribution in [0, 0.1) is 0 Å². The summed E-state index contributed by atoms with van der Waals surface area (Å²) < 4.78 is 45.0. The molecular formula is C14H10BrF3N3O2S+. The van der Waals surface area contributed by atoms with E-state index in [2.05, 4.69) is 20.3 Å². The van der Waals surface area contributed by atoms with Crippen LogP contribution >= 0.6 is 26.8 Å². The van der Waals surface area contributed by atoms with Gasteiger partial charge in [-0.15, -0.1) is 0 Å². The highest BCUT2D eigenvalue weighted by Gasteiger charge is 2.37. The van der Waals surface area contributed by atoms with Gasteiger partial charge in [0.2, 0.25) is 15.6 Å². The number of nitrogens with zero attached hydrogens (tertiary/aromatic N) is 3. The molecule has 0 N–H and O–H groups in total. The van der Waals surface area contributed by atoms with Gasteiger partial charge in [0.05, 0.1) is 10.7 Å². The number of aromatic nitrogens is 3. The Balaban J connectivity index is 2.39. The van der Waals surface area contributed by atoms with E-state index in [0.29, 0.717) is 26.4 Å². The van der Waals surface area contributed by atoms with Crippen molar-refractivity contribution in [3.05, 3.63) is 62.6 Å². The van der Waals surface area contributed by atoms with Gasteiger partial charge in [-0.25, -0.2) is 4.79 Å². The lowest BCUT2D eigenvalue weighted by molar-refractivity contribution is -0.144. The lowest BCUT2D eigenvalue weighted by Crippen LogP contribution is -2.39. The number of rotatable bonds is 2. The van der Waals surface area contributed by atoms with Crippen molar-refractivity contribution in [3.8, 4) is 0 Å². The van der Waals surface area contributed by atoms with Crippen molar-refractivity contribution >= 4 is 36.9 Å². The Bertz CT molecular complexity index is 1050. The third-order valence-corrected chi connectivity index (χ3v) is 5.82. The quantitative estimate of drug-likeness (QED) is 0.472. The third kappa shape index (κ3) is 2.59. The molecule has 3 rings (SSSR count). The number of benzene rings is 1. The normalized spacial score (nSPS) is 12.8. The minimum absolute atomic E-state index is 0.406. The summed E-state index contributed by atoms with van der Waals surface area (Å²) in [7, 11) is -0.315. The summed E-state index contributed by atoms with van der Waals surface area (Å²) in [4.78, 5) is 24.6. The zero-order valence-corrected chi connectivity index (χ0v) is 14.6. The average Bonchev–Trinajstić information content (AvgIpc) is 2.89. The summed E-state index contributed by atoms with van der Waals surface area (Å²) in [6, 6.07) is 7.45. The van der Waals surface area contributed by atoms with Crippen molar-refractivity contribution < 1.29 is 13.2 Å². The molecular weight excluding hydrogens is 411 g/mol. The summed E-state index contributed by atoms with van der Waals surface area (Å²) in [6.45, 7) is 0. The van der Waals surface area contributed by atoms with Crippen molar-refractivity contribution in [3.63, 3.8) is 0 Å². The second kappa shape index (κ2) is 5.85. The Kier molecular flexibility index (Phi) is 4.12. The molecule has 126 valence electrons. The first kappa shape index (κ1) is 16.9. The number of halogens is 4. The smallest absolute Gasteiger partial charge is 0.289 e. The van der Waals surface area contributed by atoms with Gasteiger partial charge < -0.3 is 0 Å². The SMILES string of the molecule is Cn1c(C(F)(F)F)cc(=O)n(-[s+]2nc(CBr)c3ccccc32)c1=O. The van der Waals surface area contributed by atoms with E-state index in [1.54, 1.807) is 24.3 Å². The second-order valence-electron chi connectivity index (χ2n) is 4.93. The Morgan fingerprint density at radius 3 is 2.54 bits per heavy atom. The van der Waals surface area contributed by atoms with Crippen LogP contribution in [-0.4, -0.2) is 12.9 Å². The second-order valence-corrected chi connectivity index (χ2v) is 7.01. The topological polar surface area (TPSA) is 56.9 Å². The van der Waals surface area contributed by atoms with Crippen molar-refractivity contribution in [1.29, 1.82) is 0 Å². The highest BCUT2D eigenvalue weighted by atomic mass is 79.9. The molecule has 1 unspecified atom stereocenters. The highest BCUT2D eigenvalue weighted by Crippen LogP contribution is 2.32. The van der Waals surface area contributed by atoms with E-state index >= 15 is 0 Å². The minimum Gasteiger partial charge on any atom is -0.289 e. The van der Waals surface area contributed by atoms with Crippen LogP contribution in [0.15, 0.2) is 39.9 Å². The first-order valence-corrected chi connectivity index (χ1v) is 8.90. The van der Waals surface area contributed by atoms with Gasteiger partial charge in [-0.05, 0) is 14.4 Å². The van der Waals surface area contributed by atoms with E-state index in [-0.39, 0.29) is 0 Å². The lowest BCUT2D eigenvalue weighted by atomic mass is 10.2. The summed E-state index contributed by atoms with van der Waals surface area (Å²) in [6.07, 6.45) is -4.78. The summed E-state index contributed by atoms with van der Waals surface area (Å²) in [5, 5.41) is 1.18. The van der Waals surface area contributed by atoms with E-state index in [0.717, 1.165) is 16.4 Å². The molecule has 2 heterocycles. The Labute approximate surface area is 144 Å². The fourth-order valence-electron chi connectivity index (χ4n) is 2.34. The maximum Gasteiger partial charge on any atom is 0.431 e. The first-order valence-electron chi connectivity index (χ1n) is 6.64.